The van der Waals surface area contributed by atoms with Crippen LogP contribution in [0.3, 0.4) is 0 Å². The second-order valence-electron chi connectivity index (χ2n) is 5.19. The number of oxazole rings is 1. The summed E-state index contributed by atoms with van der Waals surface area (Å²) in [6.45, 7) is 3.88. The third-order valence-corrected chi connectivity index (χ3v) is 3.31. The quantitative estimate of drug-likeness (QED) is 0.807. The average Bonchev–Trinajstić information content (AvgIpc) is 3.04. The molecule has 0 fully saturated rings. The van der Waals surface area contributed by atoms with Crippen molar-refractivity contribution in [2.24, 2.45) is 0 Å². The van der Waals surface area contributed by atoms with Gasteiger partial charge in [0.05, 0.1) is 5.69 Å². The summed E-state index contributed by atoms with van der Waals surface area (Å²) in [6.07, 6.45) is 0. The van der Waals surface area contributed by atoms with E-state index in [1.165, 1.54) is 23.7 Å². The molecule has 2 aromatic heterocycles. The third kappa shape index (κ3) is 2.24. The summed E-state index contributed by atoms with van der Waals surface area (Å²) in [5.74, 6) is 0.246. The summed E-state index contributed by atoms with van der Waals surface area (Å²) in [7, 11) is 1.54. The Morgan fingerprint density at radius 3 is 2.59 bits per heavy atom. The maximum atomic E-state index is 13.0. The summed E-state index contributed by atoms with van der Waals surface area (Å²) in [5, 5.41) is 6.92. The SMILES string of the molecule is CNC(=O)c1oc2nc(-c3ccc(F)cc3)nn2c1C(C)C. The van der Waals surface area contributed by atoms with E-state index < -0.39 is 0 Å². The van der Waals surface area contributed by atoms with Gasteiger partial charge in [0.1, 0.15) is 5.82 Å². The molecule has 0 unspecified atom stereocenters. The number of nitrogens with one attached hydrogen (secondary N) is 1. The minimum Gasteiger partial charge on any atom is -0.416 e. The lowest BCUT2D eigenvalue weighted by molar-refractivity contribution is 0.0935. The topological polar surface area (TPSA) is 72.4 Å². The van der Waals surface area contributed by atoms with Gasteiger partial charge in [-0.25, -0.2) is 4.39 Å². The minimum atomic E-state index is -0.323. The molecule has 0 saturated carbocycles. The fourth-order valence-electron chi connectivity index (χ4n) is 2.26. The predicted octanol–water partition coefficient (Wildman–Crippen LogP) is 2.61. The fraction of sp³-hybridized carbons (Fsp3) is 0.267. The maximum absolute atomic E-state index is 13.0. The lowest BCUT2D eigenvalue weighted by Gasteiger charge is -2.04. The molecule has 0 atom stereocenters. The molecule has 22 heavy (non-hydrogen) atoms. The first-order chi connectivity index (χ1) is 10.5. The Bertz CT molecular complexity index is 833. The van der Waals surface area contributed by atoms with Crippen LogP contribution >= 0.6 is 0 Å². The molecule has 1 aromatic carbocycles. The minimum absolute atomic E-state index is 0.0244. The van der Waals surface area contributed by atoms with Crippen molar-refractivity contribution in [1.29, 1.82) is 0 Å². The molecule has 0 aliphatic heterocycles. The normalized spacial score (nSPS) is 11.3. The molecule has 0 aliphatic rings. The van der Waals surface area contributed by atoms with E-state index in [9.17, 15) is 9.18 Å². The molecule has 1 amide bonds. The smallest absolute Gasteiger partial charge is 0.325 e. The van der Waals surface area contributed by atoms with Crippen LogP contribution in [0.2, 0.25) is 0 Å². The molecule has 2 heterocycles. The van der Waals surface area contributed by atoms with Crippen molar-refractivity contribution in [3.8, 4) is 11.4 Å². The Morgan fingerprint density at radius 2 is 2.00 bits per heavy atom. The van der Waals surface area contributed by atoms with Crippen LogP contribution < -0.4 is 5.32 Å². The van der Waals surface area contributed by atoms with Gasteiger partial charge in [0.15, 0.2) is 5.82 Å². The molecule has 0 saturated heterocycles. The van der Waals surface area contributed by atoms with Crippen molar-refractivity contribution in [3.05, 3.63) is 41.5 Å². The number of hydrogen-bond donors (Lipinski definition) is 1. The van der Waals surface area contributed by atoms with Crippen molar-refractivity contribution in [1.82, 2.24) is 19.9 Å². The van der Waals surface area contributed by atoms with Crippen molar-refractivity contribution >= 4 is 11.8 Å². The van der Waals surface area contributed by atoms with Crippen LogP contribution in [0.1, 0.15) is 36.0 Å². The molecule has 0 radical (unpaired) electrons. The number of amides is 1. The number of hydrogen-bond acceptors (Lipinski definition) is 4. The first-order valence-corrected chi connectivity index (χ1v) is 6.88. The second-order valence-corrected chi connectivity index (χ2v) is 5.19. The monoisotopic (exact) mass is 302 g/mol. The Hall–Kier alpha value is -2.70. The largest absolute Gasteiger partial charge is 0.416 e. The Balaban J connectivity index is 2.15. The van der Waals surface area contributed by atoms with Gasteiger partial charge in [-0.15, -0.1) is 5.10 Å². The number of benzene rings is 1. The number of halogens is 1. The van der Waals surface area contributed by atoms with Crippen LogP contribution in [-0.2, 0) is 0 Å². The van der Waals surface area contributed by atoms with Gasteiger partial charge in [-0.05, 0) is 30.2 Å². The third-order valence-electron chi connectivity index (χ3n) is 3.31. The average molecular weight is 302 g/mol. The van der Waals surface area contributed by atoms with Gasteiger partial charge < -0.3 is 9.73 Å². The van der Waals surface area contributed by atoms with Crippen LogP contribution in [0.15, 0.2) is 28.7 Å². The molecule has 0 bridgehead atoms. The summed E-state index contributed by atoms with van der Waals surface area (Å²) in [5.41, 5.74) is 1.33. The highest BCUT2D eigenvalue weighted by atomic mass is 19.1. The zero-order valence-corrected chi connectivity index (χ0v) is 12.4. The molecule has 3 rings (SSSR count). The van der Waals surface area contributed by atoms with Crippen LogP contribution in [0.25, 0.3) is 17.2 Å². The van der Waals surface area contributed by atoms with Crippen molar-refractivity contribution in [2.75, 3.05) is 7.05 Å². The molecule has 6 nitrogen and oxygen atoms in total. The predicted molar refractivity (Wildman–Crippen MR) is 78.1 cm³/mol. The molecule has 7 heteroatoms. The summed E-state index contributed by atoms with van der Waals surface area (Å²) >= 11 is 0. The van der Waals surface area contributed by atoms with E-state index in [2.05, 4.69) is 15.4 Å². The van der Waals surface area contributed by atoms with Gasteiger partial charge >= 0.3 is 5.84 Å². The molecular formula is C15H15FN4O2. The van der Waals surface area contributed by atoms with E-state index >= 15 is 0 Å². The fourth-order valence-corrected chi connectivity index (χ4v) is 2.26. The summed E-state index contributed by atoms with van der Waals surface area (Å²) in [4.78, 5) is 16.2. The zero-order valence-electron chi connectivity index (χ0n) is 12.4. The van der Waals surface area contributed by atoms with E-state index in [0.717, 1.165) is 0 Å². The van der Waals surface area contributed by atoms with Crippen LogP contribution in [0, 0.1) is 5.82 Å². The van der Waals surface area contributed by atoms with Crippen molar-refractivity contribution < 1.29 is 13.6 Å². The van der Waals surface area contributed by atoms with Gasteiger partial charge in [0, 0.05) is 12.6 Å². The molecule has 114 valence electrons. The van der Waals surface area contributed by atoms with E-state index in [1.54, 1.807) is 12.1 Å². The van der Waals surface area contributed by atoms with Gasteiger partial charge in [0.25, 0.3) is 5.91 Å². The van der Waals surface area contributed by atoms with Gasteiger partial charge in [-0.3, -0.25) is 4.79 Å². The first kappa shape index (κ1) is 14.2. The first-order valence-electron chi connectivity index (χ1n) is 6.88. The van der Waals surface area contributed by atoms with E-state index in [1.807, 2.05) is 13.8 Å². The Morgan fingerprint density at radius 1 is 1.32 bits per heavy atom. The number of fused-ring (bicyclic) bond motifs is 1. The van der Waals surface area contributed by atoms with Crippen molar-refractivity contribution in [3.63, 3.8) is 0 Å². The lowest BCUT2D eigenvalue weighted by atomic mass is 10.1. The molecule has 0 aliphatic carbocycles. The highest BCUT2D eigenvalue weighted by Gasteiger charge is 2.25. The van der Waals surface area contributed by atoms with Crippen LogP contribution in [-0.4, -0.2) is 27.6 Å². The Kier molecular flexibility index (Phi) is 3.40. The second kappa shape index (κ2) is 5.25. The van der Waals surface area contributed by atoms with Crippen LogP contribution in [0.4, 0.5) is 4.39 Å². The Labute approximate surface area is 126 Å². The highest BCUT2D eigenvalue weighted by Crippen LogP contribution is 2.25. The molecular weight excluding hydrogens is 287 g/mol. The molecule has 3 aromatic rings. The number of carbonyl (C=O) groups is 1. The lowest BCUT2D eigenvalue weighted by Crippen LogP contribution is -2.19. The maximum Gasteiger partial charge on any atom is 0.325 e. The number of nitrogens with zero attached hydrogens (tertiary/aromatic N) is 3. The highest BCUT2D eigenvalue weighted by molar-refractivity contribution is 5.92. The van der Waals surface area contributed by atoms with E-state index in [-0.39, 0.29) is 29.2 Å². The van der Waals surface area contributed by atoms with Gasteiger partial charge in [-0.2, -0.15) is 9.50 Å². The number of rotatable bonds is 3. The van der Waals surface area contributed by atoms with E-state index in [0.29, 0.717) is 17.1 Å². The standard InChI is InChI=1S/C15H15FN4O2/c1-8(2)11-12(14(21)17-3)22-15-18-13(19-20(11)15)9-4-6-10(16)7-5-9/h4-8H,1-3H3,(H,17,21). The number of aromatic nitrogens is 3. The van der Waals surface area contributed by atoms with E-state index in [4.69, 9.17) is 4.42 Å². The summed E-state index contributed by atoms with van der Waals surface area (Å²) in [6, 6.07) is 5.88. The van der Waals surface area contributed by atoms with Crippen molar-refractivity contribution in [2.45, 2.75) is 19.8 Å². The van der Waals surface area contributed by atoms with Gasteiger partial charge in [-0.1, -0.05) is 13.8 Å². The summed E-state index contributed by atoms with van der Waals surface area (Å²) < 4.78 is 20.1. The molecule has 1 N–H and O–H groups in total. The number of carbonyl (C=O) groups excluding carboxylic acids is 1. The zero-order chi connectivity index (χ0) is 15.9. The van der Waals surface area contributed by atoms with Gasteiger partial charge in [0.2, 0.25) is 5.76 Å². The molecule has 0 spiro atoms. The van der Waals surface area contributed by atoms with Crippen LogP contribution in [0.5, 0.6) is 0 Å².